The summed E-state index contributed by atoms with van der Waals surface area (Å²) in [7, 11) is 0. The van der Waals surface area contributed by atoms with Gasteiger partial charge in [0.15, 0.2) is 0 Å². The molecule has 0 aliphatic heterocycles. The van der Waals surface area contributed by atoms with Crippen molar-refractivity contribution in [1.29, 1.82) is 0 Å². The Hall–Kier alpha value is 0. The quantitative estimate of drug-likeness (QED) is 0.0965. The molecule has 0 aliphatic rings. The minimum atomic E-state index is 0.948. The fraction of sp³-hybridized carbons (Fsp3) is 1.00. The van der Waals surface area contributed by atoms with Gasteiger partial charge in [-0.2, -0.15) is 0 Å². The van der Waals surface area contributed by atoms with E-state index in [1.807, 2.05) is 0 Å². The number of hydrogen-bond acceptors (Lipinski definition) is 0. The average Bonchev–Trinajstić information content (AvgIpc) is 2.83. The molecule has 0 heteroatoms. The van der Waals surface area contributed by atoms with Crippen LogP contribution >= 0.6 is 0 Å². The van der Waals surface area contributed by atoms with E-state index in [0.717, 1.165) is 5.92 Å². The van der Waals surface area contributed by atoms with Gasteiger partial charge in [0.05, 0.1) is 0 Å². The van der Waals surface area contributed by atoms with Gasteiger partial charge in [-0.15, -0.1) is 0 Å². The third-order valence-corrected chi connectivity index (χ3v) is 8.00. The Morgan fingerprint density at radius 3 is 0.727 bits per heavy atom. The second kappa shape index (κ2) is 30.0. The largest absolute Gasteiger partial charge is 0.0654 e. The van der Waals surface area contributed by atoms with Crippen LogP contribution in [-0.2, 0) is 0 Å². The van der Waals surface area contributed by atoms with Crippen LogP contribution in [0, 0.1) is 5.92 Å². The summed E-state index contributed by atoms with van der Waals surface area (Å²) in [5.41, 5.74) is 0. The van der Waals surface area contributed by atoms with E-state index in [9.17, 15) is 0 Å². The molecule has 0 nitrogen and oxygen atoms in total. The van der Waals surface area contributed by atoms with Crippen molar-refractivity contribution < 1.29 is 0 Å². The maximum atomic E-state index is 2.40. The van der Waals surface area contributed by atoms with Crippen LogP contribution in [-0.4, -0.2) is 0 Å². The fourth-order valence-corrected chi connectivity index (χ4v) is 5.19. The normalized spacial score (nSPS) is 12.5. The van der Waals surface area contributed by atoms with Crippen LogP contribution in [0.4, 0.5) is 0 Å². The lowest BCUT2D eigenvalue weighted by atomic mass is 9.99. The van der Waals surface area contributed by atoms with E-state index in [2.05, 4.69) is 20.8 Å². The Kier molecular flexibility index (Phi) is 30.0. The van der Waals surface area contributed by atoms with E-state index in [1.54, 1.807) is 0 Å². The molecular weight excluding hydrogens is 396 g/mol. The molecule has 0 bridgehead atoms. The van der Waals surface area contributed by atoms with Crippen molar-refractivity contribution in [2.75, 3.05) is 0 Å². The molecule has 0 spiro atoms. The summed E-state index contributed by atoms with van der Waals surface area (Å²) < 4.78 is 0. The van der Waals surface area contributed by atoms with Crippen molar-refractivity contribution in [2.45, 2.75) is 207 Å². The average molecular weight is 465 g/mol. The first-order chi connectivity index (χ1) is 16.3. The molecule has 200 valence electrons. The van der Waals surface area contributed by atoms with Crippen LogP contribution in [0.15, 0.2) is 0 Å². The van der Waals surface area contributed by atoms with E-state index in [4.69, 9.17) is 0 Å². The van der Waals surface area contributed by atoms with Crippen molar-refractivity contribution in [1.82, 2.24) is 0 Å². The van der Waals surface area contributed by atoms with Crippen molar-refractivity contribution in [3.63, 3.8) is 0 Å². The lowest BCUT2D eigenvalue weighted by Crippen LogP contribution is -1.91. The molecule has 0 amide bonds. The zero-order chi connectivity index (χ0) is 24.1. The second-order valence-electron chi connectivity index (χ2n) is 11.5. The molecule has 0 fully saturated rings. The van der Waals surface area contributed by atoms with Gasteiger partial charge < -0.3 is 0 Å². The van der Waals surface area contributed by atoms with Gasteiger partial charge in [0.1, 0.15) is 0 Å². The molecule has 0 unspecified atom stereocenters. The monoisotopic (exact) mass is 465 g/mol. The van der Waals surface area contributed by atoms with Crippen LogP contribution in [0.1, 0.15) is 207 Å². The van der Waals surface area contributed by atoms with Crippen molar-refractivity contribution in [3.8, 4) is 0 Å². The number of unbranched alkanes of at least 4 members (excludes halogenated alkanes) is 26. The van der Waals surface area contributed by atoms with E-state index >= 15 is 0 Å². The highest BCUT2D eigenvalue weighted by Gasteiger charge is 1.99. The summed E-state index contributed by atoms with van der Waals surface area (Å²) in [4.78, 5) is 0. The van der Waals surface area contributed by atoms with Gasteiger partial charge in [0, 0.05) is 0 Å². The van der Waals surface area contributed by atoms with Gasteiger partial charge in [0.25, 0.3) is 0 Å². The number of hydrogen-bond donors (Lipinski definition) is 0. The third-order valence-electron chi connectivity index (χ3n) is 8.00. The summed E-state index contributed by atoms with van der Waals surface area (Å²) >= 11 is 0. The lowest BCUT2D eigenvalue weighted by molar-refractivity contribution is 0.468. The summed E-state index contributed by atoms with van der Waals surface area (Å²) in [5, 5.41) is 0. The first-order valence-corrected chi connectivity index (χ1v) is 16.3. The third kappa shape index (κ3) is 30.0. The van der Waals surface area contributed by atoms with Crippen LogP contribution in [0.2, 0.25) is 0 Å². The Labute approximate surface area is 212 Å². The zero-order valence-corrected chi connectivity index (χ0v) is 24.1. The molecule has 0 rings (SSSR count). The van der Waals surface area contributed by atoms with Crippen molar-refractivity contribution in [2.24, 2.45) is 5.92 Å². The first-order valence-electron chi connectivity index (χ1n) is 16.3. The van der Waals surface area contributed by atoms with Crippen LogP contribution in [0.25, 0.3) is 0 Å². The Balaban J connectivity index is 3.01. The smallest absolute Gasteiger partial charge is 0.0445 e. The van der Waals surface area contributed by atoms with Crippen molar-refractivity contribution >= 4 is 0 Å². The van der Waals surface area contributed by atoms with E-state index in [0.29, 0.717) is 0 Å². The molecule has 0 saturated heterocycles. The summed E-state index contributed by atoms with van der Waals surface area (Å²) in [6.07, 6.45) is 42.8. The molecule has 0 aromatic carbocycles. The molecular formula is C33H68. The predicted molar refractivity (Wildman–Crippen MR) is 154 cm³/mol. The predicted octanol–water partition coefficient (Wildman–Crippen LogP) is 13.0. The highest BCUT2D eigenvalue weighted by Crippen LogP contribution is 2.17. The SMILES string of the molecule is CCCCCCCCCCCCCCCCCCCCCCCCCCCCC[C@H](C)CC. The molecule has 0 aliphatic carbocycles. The van der Waals surface area contributed by atoms with Crippen LogP contribution in [0.3, 0.4) is 0 Å². The van der Waals surface area contributed by atoms with Gasteiger partial charge in [-0.05, 0) is 5.92 Å². The van der Waals surface area contributed by atoms with Gasteiger partial charge in [-0.1, -0.05) is 207 Å². The van der Waals surface area contributed by atoms with Gasteiger partial charge in [-0.3, -0.25) is 0 Å². The lowest BCUT2D eigenvalue weighted by Gasteiger charge is -2.07. The highest BCUT2D eigenvalue weighted by molar-refractivity contribution is 4.53. The van der Waals surface area contributed by atoms with Gasteiger partial charge in [-0.25, -0.2) is 0 Å². The molecule has 0 radical (unpaired) electrons. The van der Waals surface area contributed by atoms with Gasteiger partial charge in [0.2, 0.25) is 0 Å². The minimum Gasteiger partial charge on any atom is -0.0654 e. The topological polar surface area (TPSA) is 0 Å². The Bertz CT molecular complexity index is 320. The minimum absolute atomic E-state index is 0.948. The molecule has 0 N–H and O–H groups in total. The summed E-state index contributed by atoms with van der Waals surface area (Å²) in [5.74, 6) is 0.948. The molecule has 0 aromatic heterocycles. The Morgan fingerprint density at radius 2 is 0.515 bits per heavy atom. The van der Waals surface area contributed by atoms with Gasteiger partial charge >= 0.3 is 0 Å². The molecule has 0 heterocycles. The maximum absolute atomic E-state index is 2.40. The first kappa shape index (κ1) is 33.0. The number of rotatable bonds is 29. The van der Waals surface area contributed by atoms with Crippen molar-refractivity contribution in [3.05, 3.63) is 0 Å². The molecule has 0 saturated carbocycles. The maximum Gasteiger partial charge on any atom is -0.0445 e. The highest BCUT2D eigenvalue weighted by atomic mass is 14.0. The Morgan fingerprint density at radius 1 is 0.303 bits per heavy atom. The summed E-state index contributed by atoms with van der Waals surface area (Å²) in [6, 6.07) is 0. The van der Waals surface area contributed by atoms with Crippen LogP contribution < -0.4 is 0 Å². The molecule has 0 aromatic rings. The second-order valence-corrected chi connectivity index (χ2v) is 11.5. The van der Waals surface area contributed by atoms with Crippen LogP contribution in [0.5, 0.6) is 0 Å². The molecule has 33 heavy (non-hydrogen) atoms. The van der Waals surface area contributed by atoms with E-state index in [1.165, 1.54) is 186 Å². The van der Waals surface area contributed by atoms with E-state index < -0.39 is 0 Å². The summed E-state index contributed by atoms with van der Waals surface area (Å²) in [6.45, 7) is 7.04. The van der Waals surface area contributed by atoms with E-state index in [-0.39, 0.29) is 0 Å². The molecule has 1 atom stereocenters. The zero-order valence-electron chi connectivity index (χ0n) is 24.1. The standard InChI is InChI=1S/C33H68/c1-4-6-7-8-9-10-11-12-13-14-15-16-17-18-19-20-21-22-23-24-25-26-27-28-29-30-31-32-33(3)5-2/h33H,4-32H2,1-3H3/t33-/m1/s1. The fourth-order valence-electron chi connectivity index (χ4n) is 5.19.